The summed E-state index contributed by atoms with van der Waals surface area (Å²) in [5, 5.41) is 9.91. The van der Waals surface area contributed by atoms with Crippen LogP contribution in [0.5, 0.6) is 11.5 Å². The zero-order valence-corrected chi connectivity index (χ0v) is 10.5. The summed E-state index contributed by atoms with van der Waals surface area (Å²) in [4.78, 5) is 0. The molecule has 0 bridgehead atoms. The van der Waals surface area contributed by atoms with Gasteiger partial charge in [0.05, 0.1) is 11.6 Å². The minimum absolute atomic E-state index is 0.0347. The van der Waals surface area contributed by atoms with Crippen LogP contribution in [0, 0.1) is 5.82 Å². The van der Waals surface area contributed by atoms with Crippen molar-refractivity contribution in [2.24, 2.45) is 5.73 Å². The Kier molecular flexibility index (Phi) is 2.84. The summed E-state index contributed by atoms with van der Waals surface area (Å²) in [6.45, 7) is 0. The van der Waals surface area contributed by atoms with Gasteiger partial charge in [0.15, 0.2) is 11.5 Å². The Morgan fingerprint density at radius 2 is 2.25 bits per heavy atom. The SMILES string of the molecule is COc1cc(F)c(Br)c(CC2(N)CC2)c1O. The fourth-order valence-electron chi connectivity index (χ4n) is 1.65. The van der Waals surface area contributed by atoms with E-state index >= 15 is 0 Å². The van der Waals surface area contributed by atoms with Crippen LogP contribution in [0.3, 0.4) is 0 Å². The number of nitrogens with two attached hydrogens (primary N) is 1. The van der Waals surface area contributed by atoms with Gasteiger partial charge in [-0.3, -0.25) is 0 Å². The summed E-state index contributed by atoms with van der Waals surface area (Å²) in [5.41, 5.74) is 6.15. The van der Waals surface area contributed by atoms with Crippen molar-refractivity contribution in [3.63, 3.8) is 0 Å². The van der Waals surface area contributed by atoms with Crippen molar-refractivity contribution in [3.05, 3.63) is 21.9 Å². The molecule has 1 aliphatic carbocycles. The topological polar surface area (TPSA) is 55.5 Å². The average molecular weight is 290 g/mol. The molecule has 1 aromatic rings. The van der Waals surface area contributed by atoms with Gasteiger partial charge in [0.1, 0.15) is 5.82 Å². The first-order valence-corrected chi connectivity index (χ1v) is 5.79. The van der Waals surface area contributed by atoms with E-state index < -0.39 is 5.82 Å². The summed E-state index contributed by atoms with van der Waals surface area (Å²) in [5.74, 6) is -0.346. The number of hydrogen-bond donors (Lipinski definition) is 2. The summed E-state index contributed by atoms with van der Waals surface area (Å²) >= 11 is 3.13. The van der Waals surface area contributed by atoms with Crippen LogP contribution in [0.15, 0.2) is 10.5 Å². The number of rotatable bonds is 3. The second kappa shape index (κ2) is 3.89. The molecule has 1 aliphatic rings. The van der Waals surface area contributed by atoms with E-state index in [1.54, 1.807) is 0 Å². The molecule has 88 valence electrons. The van der Waals surface area contributed by atoms with E-state index in [0.29, 0.717) is 12.0 Å². The van der Waals surface area contributed by atoms with E-state index in [9.17, 15) is 9.50 Å². The quantitative estimate of drug-likeness (QED) is 0.898. The molecule has 0 heterocycles. The molecular weight excluding hydrogens is 277 g/mol. The zero-order chi connectivity index (χ0) is 11.9. The van der Waals surface area contributed by atoms with Crippen molar-refractivity contribution in [2.45, 2.75) is 24.8 Å². The molecule has 0 saturated heterocycles. The van der Waals surface area contributed by atoms with E-state index in [2.05, 4.69) is 15.9 Å². The minimum Gasteiger partial charge on any atom is -0.504 e. The van der Waals surface area contributed by atoms with E-state index in [0.717, 1.165) is 18.9 Å². The lowest BCUT2D eigenvalue weighted by Gasteiger charge is -2.15. The third-order valence-electron chi connectivity index (χ3n) is 2.89. The molecule has 5 heteroatoms. The standard InChI is InChI=1S/C11H13BrFNO2/c1-16-8-4-7(13)9(12)6(10(8)15)5-11(14)2-3-11/h4,15H,2-3,5,14H2,1H3. The molecule has 2 rings (SSSR count). The highest BCUT2D eigenvalue weighted by atomic mass is 79.9. The first-order chi connectivity index (χ1) is 7.47. The first-order valence-electron chi connectivity index (χ1n) is 4.99. The van der Waals surface area contributed by atoms with Gasteiger partial charge in [0, 0.05) is 17.2 Å². The lowest BCUT2D eigenvalue weighted by Crippen LogP contribution is -2.24. The molecular formula is C11H13BrFNO2. The van der Waals surface area contributed by atoms with Crippen molar-refractivity contribution in [2.75, 3.05) is 7.11 Å². The normalized spacial score (nSPS) is 17.2. The van der Waals surface area contributed by atoms with Crippen LogP contribution in [0.2, 0.25) is 0 Å². The molecule has 0 unspecified atom stereocenters. The van der Waals surface area contributed by atoms with Crippen LogP contribution in [0.25, 0.3) is 0 Å². The molecule has 1 aromatic carbocycles. The van der Waals surface area contributed by atoms with Crippen LogP contribution in [0.4, 0.5) is 4.39 Å². The van der Waals surface area contributed by atoms with E-state index in [4.69, 9.17) is 10.5 Å². The zero-order valence-electron chi connectivity index (χ0n) is 8.89. The number of phenols is 1. The summed E-state index contributed by atoms with van der Waals surface area (Å²) in [7, 11) is 1.39. The molecule has 0 atom stereocenters. The van der Waals surface area contributed by atoms with Gasteiger partial charge in [-0.25, -0.2) is 4.39 Å². The smallest absolute Gasteiger partial charge is 0.163 e. The van der Waals surface area contributed by atoms with Crippen LogP contribution < -0.4 is 10.5 Å². The molecule has 3 N–H and O–H groups in total. The van der Waals surface area contributed by atoms with Gasteiger partial charge in [0.2, 0.25) is 0 Å². The second-order valence-electron chi connectivity index (χ2n) is 4.24. The number of hydrogen-bond acceptors (Lipinski definition) is 3. The maximum absolute atomic E-state index is 13.5. The fraction of sp³-hybridized carbons (Fsp3) is 0.455. The number of phenolic OH excluding ortho intramolecular Hbond substituents is 1. The molecule has 1 fully saturated rings. The molecule has 0 radical (unpaired) electrons. The summed E-state index contributed by atoms with van der Waals surface area (Å²) in [6.07, 6.45) is 2.25. The number of methoxy groups -OCH3 is 1. The van der Waals surface area contributed by atoms with Gasteiger partial charge >= 0.3 is 0 Å². The van der Waals surface area contributed by atoms with Crippen molar-refractivity contribution >= 4 is 15.9 Å². The molecule has 1 saturated carbocycles. The number of halogens is 2. The second-order valence-corrected chi connectivity index (χ2v) is 5.03. The largest absolute Gasteiger partial charge is 0.504 e. The predicted octanol–water partition coefficient (Wildman–Crippen LogP) is 2.34. The molecule has 0 spiro atoms. The highest BCUT2D eigenvalue weighted by Crippen LogP contribution is 2.43. The lowest BCUT2D eigenvalue weighted by atomic mass is 10.0. The van der Waals surface area contributed by atoms with Gasteiger partial charge < -0.3 is 15.6 Å². The van der Waals surface area contributed by atoms with Crippen LogP contribution in [-0.4, -0.2) is 17.8 Å². The van der Waals surface area contributed by atoms with Gasteiger partial charge in [-0.1, -0.05) is 0 Å². The average Bonchev–Trinajstić information content (AvgIpc) is 2.97. The van der Waals surface area contributed by atoms with Gasteiger partial charge in [0.25, 0.3) is 0 Å². The van der Waals surface area contributed by atoms with E-state index in [1.165, 1.54) is 7.11 Å². The molecule has 3 nitrogen and oxygen atoms in total. The van der Waals surface area contributed by atoms with Gasteiger partial charge in [-0.2, -0.15) is 0 Å². The van der Waals surface area contributed by atoms with Crippen molar-refractivity contribution in [3.8, 4) is 11.5 Å². The number of aromatic hydroxyl groups is 1. The third kappa shape index (κ3) is 2.01. The van der Waals surface area contributed by atoms with Crippen molar-refractivity contribution < 1.29 is 14.2 Å². The Morgan fingerprint density at radius 3 is 2.75 bits per heavy atom. The predicted molar refractivity (Wildman–Crippen MR) is 62.2 cm³/mol. The maximum Gasteiger partial charge on any atom is 0.163 e. The van der Waals surface area contributed by atoms with E-state index in [1.807, 2.05) is 0 Å². The van der Waals surface area contributed by atoms with E-state index in [-0.39, 0.29) is 21.5 Å². The van der Waals surface area contributed by atoms with Crippen molar-refractivity contribution in [1.29, 1.82) is 0 Å². The Morgan fingerprint density at radius 1 is 1.62 bits per heavy atom. The molecule has 0 aromatic heterocycles. The third-order valence-corrected chi connectivity index (χ3v) is 3.75. The Hall–Kier alpha value is -0.810. The summed E-state index contributed by atoms with van der Waals surface area (Å²) in [6, 6.07) is 1.15. The molecule has 0 aliphatic heterocycles. The Labute approximate surface area is 102 Å². The number of ether oxygens (including phenoxy) is 1. The Bertz CT molecular complexity index is 432. The van der Waals surface area contributed by atoms with Crippen LogP contribution >= 0.6 is 15.9 Å². The Balaban J connectivity index is 2.44. The van der Waals surface area contributed by atoms with Crippen LogP contribution in [-0.2, 0) is 6.42 Å². The van der Waals surface area contributed by atoms with Crippen LogP contribution in [0.1, 0.15) is 18.4 Å². The van der Waals surface area contributed by atoms with Gasteiger partial charge in [-0.15, -0.1) is 0 Å². The monoisotopic (exact) mass is 289 g/mol. The highest BCUT2D eigenvalue weighted by Gasteiger charge is 2.39. The highest BCUT2D eigenvalue weighted by molar-refractivity contribution is 9.10. The summed E-state index contributed by atoms with van der Waals surface area (Å²) < 4.78 is 18.7. The minimum atomic E-state index is -0.450. The first kappa shape index (κ1) is 11.7. The fourth-order valence-corrected chi connectivity index (χ4v) is 2.09. The van der Waals surface area contributed by atoms with Crippen molar-refractivity contribution in [1.82, 2.24) is 0 Å². The van der Waals surface area contributed by atoms with Gasteiger partial charge in [-0.05, 0) is 35.2 Å². The number of benzene rings is 1. The molecule has 16 heavy (non-hydrogen) atoms. The molecule has 0 amide bonds. The lowest BCUT2D eigenvalue weighted by molar-refractivity contribution is 0.365. The maximum atomic E-state index is 13.5.